The predicted octanol–water partition coefficient (Wildman–Crippen LogP) is 10.5. The van der Waals surface area contributed by atoms with Gasteiger partial charge in [-0.25, -0.2) is 0 Å². The first-order valence-electron chi connectivity index (χ1n) is 15.3. The number of hydrogen-bond acceptors (Lipinski definition) is 3. The van der Waals surface area contributed by atoms with E-state index in [1.165, 1.54) is 5.57 Å². The molecule has 5 atom stereocenters. The van der Waals surface area contributed by atoms with Gasteiger partial charge in [0.1, 0.15) is 0 Å². The fourth-order valence-corrected chi connectivity index (χ4v) is 7.85. The second kappa shape index (κ2) is 15.7. The van der Waals surface area contributed by atoms with Crippen LogP contribution in [0.5, 0.6) is 0 Å². The van der Waals surface area contributed by atoms with Crippen molar-refractivity contribution in [1.82, 2.24) is 0 Å². The van der Waals surface area contributed by atoms with Crippen LogP contribution in [0.15, 0.2) is 34.9 Å². The highest BCUT2D eigenvalue weighted by Gasteiger charge is 2.45. The summed E-state index contributed by atoms with van der Waals surface area (Å²) in [6, 6.07) is 0. The molecule has 1 rings (SSSR count). The van der Waals surface area contributed by atoms with Crippen LogP contribution in [0.25, 0.3) is 0 Å². The van der Waals surface area contributed by atoms with Gasteiger partial charge in [0, 0.05) is 18.8 Å². The molecule has 0 bridgehead atoms. The fourth-order valence-electron chi connectivity index (χ4n) is 4.58. The van der Waals surface area contributed by atoms with Gasteiger partial charge >= 0.3 is 5.97 Å². The minimum atomic E-state index is -2.01. The van der Waals surface area contributed by atoms with E-state index in [1.807, 2.05) is 6.92 Å². The van der Waals surface area contributed by atoms with E-state index in [1.54, 1.807) is 0 Å². The minimum absolute atomic E-state index is 0.0187. The fraction of sp³-hybridized carbons (Fsp3) is 0.735. The average Bonchev–Trinajstić information content (AvgIpc) is 3.09. The van der Waals surface area contributed by atoms with Gasteiger partial charge in [-0.15, -0.1) is 11.8 Å². The predicted molar refractivity (Wildman–Crippen MR) is 184 cm³/mol. The monoisotopic (exact) mass is 666 g/mol. The van der Waals surface area contributed by atoms with E-state index in [9.17, 15) is 4.79 Å². The van der Waals surface area contributed by atoms with Crippen LogP contribution in [-0.2, 0) is 13.6 Å². The molecule has 1 fully saturated rings. The maximum absolute atomic E-state index is 10.9. The van der Waals surface area contributed by atoms with Crippen molar-refractivity contribution in [2.24, 2.45) is 17.8 Å². The zero-order valence-electron chi connectivity index (χ0n) is 28.1. The van der Waals surface area contributed by atoms with Gasteiger partial charge in [0.25, 0.3) is 0 Å². The van der Waals surface area contributed by atoms with Crippen LogP contribution in [0, 0.1) is 29.6 Å². The standard InChI is InChI=1S/C34H59BrO4Si2/c1-14-15-18-25(2)30(38-40(10,11)33(4,5)6)22-21-28-29(24-27(35)19-16-17-20-32(36)37)26(3)23-31(28)39-41(12,13)34(7,8)9/h19,21-22,25,28-31H,3,16-18,20,23-24H2,1-2,4-13H3,(H,36,37)/b22-21+,27-19-/t25-,28+,29-,30+,31+/m0/s1. The molecule has 41 heavy (non-hydrogen) atoms. The summed E-state index contributed by atoms with van der Waals surface area (Å²) in [5.41, 5.74) is 1.23. The molecule has 0 saturated heterocycles. The van der Waals surface area contributed by atoms with Gasteiger partial charge in [-0.3, -0.25) is 4.79 Å². The molecule has 1 aliphatic rings. The highest BCUT2D eigenvalue weighted by atomic mass is 79.9. The van der Waals surface area contributed by atoms with Crippen molar-refractivity contribution < 1.29 is 18.8 Å². The third-order valence-electron chi connectivity index (χ3n) is 9.43. The number of carboxylic acids is 1. The third kappa shape index (κ3) is 11.9. The molecule has 0 amide bonds. The molecule has 0 aromatic rings. The van der Waals surface area contributed by atoms with Gasteiger partial charge in [0.2, 0.25) is 0 Å². The second-order valence-corrected chi connectivity index (χ2v) is 25.5. The first kappa shape index (κ1) is 38.1. The van der Waals surface area contributed by atoms with Gasteiger partial charge in [-0.1, -0.05) is 94.8 Å². The van der Waals surface area contributed by atoms with Crippen LogP contribution in [-0.4, -0.2) is 39.9 Å². The lowest BCUT2D eigenvalue weighted by atomic mass is 9.88. The smallest absolute Gasteiger partial charge is 0.303 e. The molecule has 1 N–H and O–H groups in total. The average molecular weight is 668 g/mol. The van der Waals surface area contributed by atoms with Gasteiger partial charge in [0.05, 0.1) is 12.2 Å². The largest absolute Gasteiger partial charge is 0.481 e. The molecule has 0 spiro atoms. The molecule has 234 valence electrons. The summed E-state index contributed by atoms with van der Waals surface area (Å²) in [6.45, 7) is 31.7. The second-order valence-electron chi connectivity index (χ2n) is 14.9. The summed E-state index contributed by atoms with van der Waals surface area (Å²) in [4.78, 5) is 10.9. The molecule has 4 nitrogen and oxygen atoms in total. The van der Waals surface area contributed by atoms with E-state index < -0.39 is 22.6 Å². The molecule has 0 aromatic carbocycles. The molecule has 0 heterocycles. The Kier molecular flexibility index (Phi) is 14.6. The topological polar surface area (TPSA) is 55.8 Å². The Hall–Kier alpha value is -0.916. The van der Waals surface area contributed by atoms with Crippen molar-refractivity contribution in [2.45, 2.75) is 142 Å². The molecule has 0 radical (unpaired) electrons. The van der Waals surface area contributed by atoms with E-state index in [-0.39, 0.29) is 46.5 Å². The van der Waals surface area contributed by atoms with E-state index in [4.69, 9.17) is 14.0 Å². The number of aliphatic carboxylic acids is 1. The molecule has 0 aromatic heterocycles. The molecule has 1 aliphatic carbocycles. The Balaban J connectivity index is 3.43. The molecule has 0 unspecified atom stereocenters. The first-order chi connectivity index (χ1) is 18.6. The Morgan fingerprint density at radius 2 is 1.73 bits per heavy atom. The highest BCUT2D eigenvalue weighted by molar-refractivity contribution is 9.11. The normalized spacial score (nSPS) is 22.5. The quantitative estimate of drug-likeness (QED) is 0.0867. The van der Waals surface area contributed by atoms with Crippen molar-refractivity contribution in [3.05, 3.63) is 34.9 Å². The molecular formula is C34H59BrO4Si2. The van der Waals surface area contributed by atoms with Gasteiger partial charge in [-0.2, -0.15) is 0 Å². The summed E-state index contributed by atoms with van der Waals surface area (Å²) in [7, 11) is -4.02. The number of carboxylic acid groups (broad SMARTS) is 1. The zero-order valence-corrected chi connectivity index (χ0v) is 31.7. The van der Waals surface area contributed by atoms with Gasteiger partial charge < -0.3 is 14.0 Å². The summed E-state index contributed by atoms with van der Waals surface area (Å²) in [6.07, 6.45) is 10.9. The van der Waals surface area contributed by atoms with Gasteiger partial charge in [-0.05, 0) is 85.2 Å². The van der Waals surface area contributed by atoms with Crippen LogP contribution >= 0.6 is 15.9 Å². The van der Waals surface area contributed by atoms with E-state index >= 15 is 0 Å². The van der Waals surface area contributed by atoms with Crippen molar-refractivity contribution >= 4 is 38.5 Å². The van der Waals surface area contributed by atoms with Crippen LogP contribution in [0.1, 0.15) is 93.9 Å². The summed E-state index contributed by atoms with van der Waals surface area (Å²) < 4.78 is 15.2. The van der Waals surface area contributed by atoms with E-state index in [0.29, 0.717) is 6.42 Å². The maximum atomic E-state index is 10.9. The van der Waals surface area contributed by atoms with Crippen LogP contribution in [0.2, 0.25) is 36.3 Å². The number of rotatable bonds is 14. The lowest BCUT2D eigenvalue weighted by Gasteiger charge is -2.41. The number of halogens is 1. The first-order valence-corrected chi connectivity index (χ1v) is 21.9. The number of hydrogen-bond donors (Lipinski definition) is 1. The van der Waals surface area contributed by atoms with Crippen LogP contribution in [0.4, 0.5) is 0 Å². The van der Waals surface area contributed by atoms with E-state index in [2.05, 4.69) is 127 Å². The lowest BCUT2D eigenvalue weighted by molar-refractivity contribution is -0.137. The Labute approximate surface area is 263 Å². The maximum Gasteiger partial charge on any atom is 0.303 e. The van der Waals surface area contributed by atoms with Gasteiger partial charge in [0.15, 0.2) is 16.6 Å². The molecular weight excluding hydrogens is 608 g/mol. The van der Waals surface area contributed by atoms with Crippen molar-refractivity contribution in [3.8, 4) is 11.8 Å². The molecule has 1 saturated carbocycles. The zero-order chi connectivity index (χ0) is 31.8. The van der Waals surface area contributed by atoms with E-state index in [0.717, 1.165) is 30.2 Å². The highest BCUT2D eigenvalue weighted by Crippen LogP contribution is 2.47. The Morgan fingerprint density at radius 1 is 1.15 bits per heavy atom. The van der Waals surface area contributed by atoms with Crippen molar-refractivity contribution in [2.75, 3.05) is 0 Å². The summed E-state index contributed by atoms with van der Waals surface area (Å²) in [5.74, 6) is 6.30. The summed E-state index contributed by atoms with van der Waals surface area (Å²) in [5, 5.41) is 9.22. The number of carbonyl (C=O) groups is 1. The minimum Gasteiger partial charge on any atom is -0.481 e. The Bertz CT molecular complexity index is 1000. The lowest BCUT2D eigenvalue weighted by Crippen LogP contribution is -2.45. The SMILES string of the molecule is C=C1C[C@@H](O[Si](C)(C)C(C)(C)C)[C@H](/C=C/[C@@H](O[Si](C)(C)C(C)(C)C)[C@@H](C)CC#CC)[C@H]1C/C(Br)=C/CCCC(=O)O. The van der Waals surface area contributed by atoms with Crippen molar-refractivity contribution in [1.29, 1.82) is 0 Å². The third-order valence-corrected chi connectivity index (χ3v) is 19.1. The molecule has 0 aliphatic heterocycles. The van der Waals surface area contributed by atoms with Crippen molar-refractivity contribution in [3.63, 3.8) is 0 Å². The van der Waals surface area contributed by atoms with Crippen LogP contribution < -0.4 is 0 Å². The number of unbranched alkanes of at least 4 members (excludes halogenated alkanes) is 1. The Morgan fingerprint density at radius 3 is 2.24 bits per heavy atom. The summed E-state index contributed by atoms with van der Waals surface area (Å²) >= 11 is 3.80. The number of allylic oxidation sites excluding steroid dienone is 2. The van der Waals surface area contributed by atoms with Crippen LogP contribution in [0.3, 0.4) is 0 Å². The molecule has 7 heteroatoms.